The van der Waals surface area contributed by atoms with E-state index in [4.69, 9.17) is 4.74 Å². The lowest BCUT2D eigenvalue weighted by molar-refractivity contribution is 0.122. The summed E-state index contributed by atoms with van der Waals surface area (Å²) in [6.07, 6.45) is 4.09. The molecule has 4 heteroatoms. The number of aromatic nitrogens is 2. The van der Waals surface area contributed by atoms with Crippen LogP contribution in [0.15, 0.2) is 30.6 Å². The largest absolute Gasteiger partial charge is 0.378 e. The molecule has 3 rings (SSSR count). The second-order valence-corrected chi connectivity index (χ2v) is 3.66. The van der Waals surface area contributed by atoms with Crippen LogP contribution < -0.4 is 4.90 Å². The van der Waals surface area contributed by atoms with E-state index < -0.39 is 0 Å². The number of pyridine rings is 1. The van der Waals surface area contributed by atoms with Gasteiger partial charge in [-0.15, -0.1) is 0 Å². The summed E-state index contributed by atoms with van der Waals surface area (Å²) in [6, 6.07) is 6.03. The van der Waals surface area contributed by atoms with Crippen LogP contribution in [0.5, 0.6) is 0 Å². The first-order valence-electron chi connectivity index (χ1n) is 5.20. The molecule has 0 bridgehead atoms. The lowest BCUT2D eigenvalue weighted by Crippen LogP contribution is -2.36. The molecular formula is C11H13N3O. The van der Waals surface area contributed by atoms with E-state index in [1.807, 2.05) is 28.8 Å². The fraction of sp³-hybridized carbons (Fsp3) is 0.364. The van der Waals surface area contributed by atoms with Gasteiger partial charge < -0.3 is 14.0 Å². The molecule has 3 heterocycles. The van der Waals surface area contributed by atoms with Gasteiger partial charge in [-0.2, -0.15) is 0 Å². The first kappa shape index (κ1) is 8.73. The van der Waals surface area contributed by atoms with Gasteiger partial charge in [0, 0.05) is 19.3 Å². The van der Waals surface area contributed by atoms with E-state index in [0.717, 1.165) is 37.8 Å². The molecule has 78 valence electrons. The Kier molecular flexibility index (Phi) is 2.07. The summed E-state index contributed by atoms with van der Waals surface area (Å²) in [5.41, 5.74) is 0.999. The van der Waals surface area contributed by atoms with E-state index in [9.17, 15) is 0 Å². The average Bonchev–Trinajstić information content (AvgIpc) is 2.74. The maximum atomic E-state index is 5.32. The smallest absolute Gasteiger partial charge is 0.148 e. The number of hydrogen-bond acceptors (Lipinski definition) is 3. The summed E-state index contributed by atoms with van der Waals surface area (Å²) < 4.78 is 7.37. The molecule has 0 spiro atoms. The Hall–Kier alpha value is -1.55. The molecule has 0 aliphatic carbocycles. The van der Waals surface area contributed by atoms with Crippen LogP contribution in [0.4, 0.5) is 5.82 Å². The van der Waals surface area contributed by atoms with Crippen molar-refractivity contribution < 1.29 is 4.74 Å². The summed E-state index contributed by atoms with van der Waals surface area (Å²) in [5.74, 6) is 1.05. The molecule has 0 saturated carbocycles. The van der Waals surface area contributed by atoms with Crippen LogP contribution in [-0.4, -0.2) is 35.7 Å². The Labute approximate surface area is 88.1 Å². The number of hydrogen-bond donors (Lipinski definition) is 0. The zero-order valence-corrected chi connectivity index (χ0v) is 8.47. The standard InChI is InChI=1S/C11H13N3O/c1-2-4-14-9-11(12-10(14)3-1)13-5-7-15-8-6-13/h1-4,9H,5-8H2. The number of imidazole rings is 1. The fourth-order valence-corrected chi connectivity index (χ4v) is 1.87. The van der Waals surface area contributed by atoms with Crippen molar-refractivity contribution >= 4 is 11.5 Å². The lowest BCUT2D eigenvalue weighted by Gasteiger charge is -2.26. The molecule has 1 aliphatic rings. The van der Waals surface area contributed by atoms with E-state index in [0.29, 0.717) is 0 Å². The average molecular weight is 203 g/mol. The first-order valence-corrected chi connectivity index (χ1v) is 5.20. The topological polar surface area (TPSA) is 29.8 Å². The Morgan fingerprint density at radius 1 is 1.20 bits per heavy atom. The van der Waals surface area contributed by atoms with Gasteiger partial charge in [-0.05, 0) is 12.1 Å². The summed E-state index contributed by atoms with van der Waals surface area (Å²) in [5, 5.41) is 0. The van der Waals surface area contributed by atoms with Crippen LogP contribution in [0.25, 0.3) is 5.65 Å². The molecule has 2 aromatic rings. The van der Waals surface area contributed by atoms with Crippen molar-refractivity contribution in [2.45, 2.75) is 0 Å². The molecule has 1 aliphatic heterocycles. The lowest BCUT2D eigenvalue weighted by atomic mass is 10.4. The highest BCUT2D eigenvalue weighted by Crippen LogP contribution is 2.15. The number of ether oxygens (including phenoxy) is 1. The summed E-state index contributed by atoms with van der Waals surface area (Å²) in [6.45, 7) is 3.47. The van der Waals surface area contributed by atoms with Crippen molar-refractivity contribution in [1.82, 2.24) is 9.38 Å². The predicted octanol–water partition coefficient (Wildman–Crippen LogP) is 1.17. The molecule has 0 aromatic carbocycles. The number of fused-ring (bicyclic) bond motifs is 1. The van der Waals surface area contributed by atoms with Crippen molar-refractivity contribution in [3.05, 3.63) is 30.6 Å². The van der Waals surface area contributed by atoms with E-state index in [-0.39, 0.29) is 0 Å². The molecule has 0 N–H and O–H groups in total. The van der Waals surface area contributed by atoms with E-state index in [2.05, 4.69) is 16.1 Å². The number of anilines is 1. The molecule has 15 heavy (non-hydrogen) atoms. The zero-order chi connectivity index (χ0) is 10.1. The molecule has 0 radical (unpaired) electrons. The van der Waals surface area contributed by atoms with Crippen LogP contribution in [0, 0.1) is 0 Å². The third kappa shape index (κ3) is 1.57. The molecule has 0 atom stereocenters. The highest BCUT2D eigenvalue weighted by atomic mass is 16.5. The maximum Gasteiger partial charge on any atom is 0.148 e. The normalized spacial score (nSPS) is 17.2. The van der Waals surface area contributed by atoms with Crippen molar-refractivity contribution in [2.75, 3.05) is 31.2 Å². The molecular weight excluding hydrogens is 190 g/mol. The van der Waals surface area contributed by atoms with Gasteiger partial charge in [-0.3, -0.25) is 0 Å². The van der Waals surface area contributed by atoms with E-state index in [1.165, 1.54) is 0 Å². The SMILES string of the molecule is c1ccn2cc(N3CCOCC3)nc2c1. The zero-order valence-electron chi connectivity index (χ0n) is 8.47. The molecule has 1 fully saturated rings. The fourth-order valence-electron chi connectivity index (χ4n) is 1.87. The van der Waals surface area contributed by atoms with Gasteiger partial charge in [0.1, 0.15) is 11.5 Å². The van der Waals surface area contributed by atoms with Gasteiger partial charge in [-0.1, -0.05) is 6.07 Å². The summed E-state index contributed by atoms with van der Waals surface area (Å²) in [4.78, 5) is 6.83. The summed E-state index contributed by atoms with van der Waals surface area (Å²) >= 11 is 0. The highest BCUT2D eigenvalue weighted by Gasteiger charge is 2.13. The Morgan fingerprint density at radius 3 is 2.87 bits per heavy atom. The van der Waals surface area contributed by atoms with Gasteiger partial charge >= 0.3 is 0 Å². The summed E-state index contributed by atoms with van der Waals surface area (Å²) in [7, 11) is 0. The minimum atomic E-state index is 0.799. The van der Waals surface area contributed by atoms with Crippen LogP contribution in [0.1, 0.15) is 0 Å². The molecule has 0 amide bonds. The minimum Gasteiger partial charge on any atom is -0.378 e. The quantitative estimate of drug-likeness (QED) is 0.697. The van der Waals surface area contributed by atoms with Crippen LogP contribution in [0.2, 0.25) is 0 Å². The van der Waals surface area contributed by atoms with Crippen LogP contribution >= 0.6 is 0 Å². The molecule has 4 nitrogen and oxygen atoms in total. The first-order chi connectivity index (χ1) is 7.43. The molecule has 2 aromatic heterocycles. The van der Waals surface area contributed by atoms with E-state index in [1.54, 1.807) is 0 Å². The van der Waals surface area contributed by atoms with E-state index >= 15 is 0 Å². The third-order valence-corrected chi connectivity index (χ3v) is 2.69. The third-order valence-electron chi connectivity index (χ3n) is 2.69. The second kappa shape index (κ2) is 3.55. The number of rotatable bonds is 1. The van der Waals surface area contributed by atoms with Gasteiger partial charge in [0.15, 0.2) is 0 Å². The Bertz CT molecular complexity index is 427. The monoisotopic (exact) mass is 203 g/mol. The van der Waals surface area contributed by atoms with Gasteiger partial charge in [0.25, 0.3) is 0 Å². The van der Waals surface area contributed by atoms with Crippen molar-refractivity contribution in [1.29, 1.82) is 0 Å². The molecule has 0 unspecified atom stereocenters. The maximum absolute atomic E-state index is 5.32. The van der Waals surface area contributed by atoms with Crippen LogP contribution in [-0.2, 0) is 4.74 Å². The Balaban J connectivity index is 1.96. The predicted molar refractivity (Wildman–Crippen MR) is 58.2 cm³/mol. The van der Waals surface area contributed by atoms with Crippen molar-refractivity contribution in [3.8, 4) is 0 Å². The van der Waals surface area contributed by atoms with Gasteiger partial charge in [0.2, 0.25) is 0 Å². The van der Waals surface area contributed by atoms with Crippen LogP contribution in [0.3, 0.4) is 0 Å². The number of nitrogens with zero attached hydrogens (tertiary/aromatic N) is 3. The molecule has 1 saturated heterocycles. The van der Waals surface area contributed by atoms with Gasteiger partial charge in [-0.25, -0.2) is 4.98 Å². The van der Waals surface area contributed by atoms with Crippen molar-refractivity contribution in [3.63, 3.8) is 0 Å². The Morgan fingerprint density at radius 2 is 2.07 bits per heavy atom. The van der Waals surface area contributed by atoms with Crippen molar-refractivity contribution in [2.24, 2.45) is 0 Å². The minimum absolute atomic E-state index is 0.799. The van der Waals surface area contributed by atoms with Gasteiger partial charge in [0.05, 0.1) is 19.4 Å². The highest BCUT2D eigenvalue weighted by molar-refractivity contribution is 5.50. The second-order valence-electron chi connectivity index (χ2n) is 3.66. The number of morpholine rings is 1.